The van der Waals surface area contributed by atoms with E-state index >= 15 is 0 Å². The summed E-state index contributed by atoms with van der Waals surface area (Å²) in [6.45, 7) is 7.19. The second-order valence-corrected chi connectivity index (χ2v) is 4.02. The Kier molecular flexibility index (Phi) is 13.6. The maximum Gasteiger partial charge on any atom is -0.0126 e. The molecule has 0 rings (SSSR count). The number of rotatable bonds is 10. The van der Waals surface area contributed by atoms with E-state index in [1.54, 1.807) is 0 Å². The zero-order valence-electron chi connectivity index (χ0n) is 11.1. The molecule has 1 radical (unpaired) electrons. The Bertz CT molecular complexity index is 272. The minimum absolute atomic E-state index is 1.03. The molecule has 0 aromatic rings. The van der Waals surface area contributed by atoms with E-state index in [9.17, 15) is 0 Å². The lowest BCUT2D eigenvalue weighted by molar-refractivity contribution is 0.652. The summed E-state index contributed by atoms with van der Waals surface area (Å²) in [5.74, 6) is 0. The van der Waals surface area contributed by atoms with Gasteiger partial charge in [-0.3, -0.25) is 0 Å². The quantitative estimate of drug-likeness (QED) is 0.199. The van der Waals surface area contributed by atoms with Crippen LogP contribution >= 0.6 is 0 Å². The summed E-state index contributed by atoms with van der Waals surface area (Å²) >= 11 is 0. The molecule has 93 valence electrons. The molecule has 0 saturated heterocycles. The van der Waals surface area contributed by atoms with Gasteiger partial charge in [0, 0.05) is 0 Å². The molecule has 0 atom stereocenters. The summed E-state index contributed by atoms with van der Waals surface area (Å²) in [6.07, 6.45) is 23.3. The molecule has 17 heavy (non-hydrogen) atoms. The first-order valence-electron chi connectivity index (χ1n) is 6.62. The maximum absolute atomic E-state index is 5.14. The molecule has 0 heteroatoms. The van der Waals surface area contributed by atoms with Gasteiger partial charge in [-0.1, -0.05) is 49.3 Å². The molecule has 0 aliphatic carbocycles. The molecule has 0 aliphatic heterocycles. The van der Waals surface area contributed by atoms with Crippen LogP contribution in [0.15, 0.2) is 48.3 Å². The van der Waals surface area contributed by atoms with Crippen molar-refractivity contribution in [2.45, 2.75) is 51.9 Å². The molecule has 0 unspecified atom stereocenters. The van der Waals surface area contributed by atoms with E-state index in [1.165, 1.54) is 32.1 Å². The van der Waals surface area contributed by atoms with Crippen LogP contribution in [0.4, 0.5) is 0 Å². The molecule has 0 bridgehead atoms. The van der Waals surface area contributed by atoms with Crippen molar-refractivity contribution in [3.63, 3.8) is 0 Å². The van der Waals surface area contributed by atoms with Crippen molar-refractivity contribution >= 4 is 0 Å². The van der Waals surface area contributed by atoms with Crippen molar-refractivity contribution in [3.05, 3.63) is 54.8 Å². The second-order valence-electron chi connectivity index (χ2n) is 4.02. The monoisotopic (exact) mass is 229 g/mol. The fourth-order valence-electron chi connectivity index (χ4n) is 1.49. The van der Waals surface area contributed by atoms with Crippen molar-refractivity contribution in [2.24, 2.45) is 0 Å². The van der Waals surface area contributed by atoms with Gasteiger partial charge in [-0.15, -0.1) is 5.73 Å². The molecule has 0 N–H and O–H groups in total. The molecule has 0 aliphatic rings. The standard InChI is InChI=1S/C17H25/c1-3-5-7-9-11-13-15-17-16-14-12-10-8-6-4-2/h1,4-6,10,12,14,16H,7-9,11,13,15,17H2,2H3/b6-4-,12-10-,16-14+. The van der Waals surface area contributed by atoms with Gasteiger partial charge in [-0.2, -0.15) is 0 Å². The average molecular weight is 229 g/mol. The molecule has 0 spiro atoms. The summed E-state index contributed by atoms with van der Waals surface area (Å²) in [5, 5.41) is 0. The average Bonchev–Trinajstić information content (AvgIpc) is 2.35. The van der Waals surface area contributed by atoms with Gasteiger partial charge >= 0.3 is 0 Å². The Labute approximate surface area is 107 Å². The summed E-state index contributed by atoms with van der Waals surface area (Å²) in [5.41, 5.74) is 2.56. The summed E-state index contributed by atoms with van der Waals surface area (Å²) in [7, 11) is 0. The molecule has 0 fully saturated rings. The highest BCUT2D eigenvalue weighted by molar-refractivity contribution is 5.04. The van der Waals surface area contributed by atoms with Gasteiger partial charge in [0.25, 0.3) is 0 Å². The zero-order chi connectivity index (χ0) is 12.6. The van der Waals surface area contributed by atoms with Gasteiger partial charge in [0.1, 0.15) is 0 Å². The first kappa shape index (κ1) is 15.7. The SMILES string of the molecule is [CH]=C=CCCCCCC/C=C/C=C\C/C=C\C. The van der Waals surface area contributed by atoms with Crippen LogP contribution < -0.4 is 0 Å². The van der Waals surface area contributed by atoms with Crippen LogP contribution in [0.1, 0.15) is 51.9 Å². The minimum Gasteiger partial charge on any atom is -0.125 e. The van der Waals surface area contributed by atoms with Crippen molar-refractivity contribution in [3.8, 4) is 0 Å². The first-order valence-corrected chi connectivity index (χ1v) is 6.62. The molecule has 0 saturated carbocycles. The van der Waals surface area contributed by atoms with Crippen LogP contribution in [0.5, 0.6) is 0 Å². The van der Waals surface area contributed by atoms with Crippen LogP contribution in [0.2, 0.25) is 0 Å². The third-order valence-electron chi connectivity index (χ3n) is 2.48. The number of allylic oxidation sites excluding steroid dienone is 7. The predicted octanol–water partition coefficient (Wildman–Crippen LogP) is 5.55. The Morgan fingerprint density at radius 3 is 2.29 bits per heavy atom. The summed E-state index contributed by atoms with van der Waals surface area (Å²) < 4.78 is 0. The van der Waals surface area contributed by atoms with Crippen molar-refractivity contribution in [2.75, 3.05) is 0 Å². The van der Waals surface area contributed by atoms with Crippen molar-refractivity contribution < 1.29 is 0 Å². The highest BCUT2D eigenvalue weighted by Crippen LogP contribution is 2.06. The fraction of sp³-hybridized carbons (Fsp3) is 0.471. The number of unbranched alkanes of at least 4 members (excludes halogenated alkanes) is 5. The van der Waals surface area contributed by atoms with Crippen LogP contribution in [-0.2, 0) is 0 Å². The van der Waals surface area contributed by atoms with Crippen LogP contribution in [-0.4, -0.2) is 0 Å². The normalized spacial score (nSPS) is 11.6. The molecule has 0 aromatic carbocycles. The largest absolute Gasteiger partial charge is 0.125 e. The topological polar surface area (TPSA) is 0 Å². The lowest BCUT2D eigenvalue weighted by atomic mass is 10.1. The Morgan fingerprint density at radius 1 is 0.882 bits per heavy atom. The highest BCUT2D eigenvalue weighted by atomic mass is 13.9. The second kappa shape index (κ2) is 14.7. The Morgan fingerprint density at radius 2 is 1.59 bits per heavy atom. The molecule has 0 aromatic heterocycles. The smallest absolute Gasteiger partial charge is 0.0126 e. The van der Waals surface area contributed by atoms with E-state index < -0.39 is 0 Å². The van der Waals surface area contributed by atoms with E-state index in [-0.39, 0.29) is 0 Å². The van der Waals surface area contributed by atoms with Crippen molar-refractivity contribution in [1.29, 1.82) is 0 Å². The van der Waals surface area contributed by atoms with E-state index in [4.69, 9.17) is 6.58 Å². The summed E-state index contributed by atoms with van der Waals surface area (Å²) in [4.78, 5) is 0. The fourth-order valence-corrected chi connectivity index (χ4v) is 1.49. The van der Waals surface area contributed by atoms with E-state index in [2.05, 4.69) is 42.2 Å². The molecule has 0 nitrogen and oxygen atoms in total. The van der Waals surface area contributed by atoms with Gasteiger partial charge in [-0.05, 0) is 51.7 Å². The highest BCUT2D eigenvalue weighted by Gasteiger charge is 1.86. The van der Waals surface area contributed by atoms with Crippen LogP contribution in [0.25, 0.3) is 0 Å². The maximum atomic E-state index is 5.14. The molecule has 0 amide bonds. The van der Waals surface area contributed by atoms with Crippen LogP contribution in [0.3, 0.4) is 0 Å². The van der Waals surface area contributed by atoms with Gasteiger partial charge in [-0.25, -0.2) is 0 Å². The molecule has 0 heterocycles. The third-order valence-corrected chi connectivity index (χ3v) is 2.48. The van der Waals surface area contributed by atoms with Gasteiger partial charge < -0.3 is 0 Å². The molecular weight excluding hydrogens is 204 g/mol. The Balaban J connectivity index is 3.24. The van der Waals surface area contributed by atoms with Crippen LogP contribution in [0, 0.1) is 6.58 Å². The van der Waals surface area contributed by atoms with Crippen molar-refractivity contribution in [1.82, 2.24) is 0 Å². The van der Waals surface area contributed by atoms with E-state index in [1.807, 2.05) is 13.0 Å². The minimum atomic E-state index is 1.03. The first-order chi connectivity index (χ1) is 8.41. The number of hydrogen-bond donors (Lipinski definition) is 0. The van der Waals surface area contributed by atoms with Gasteiger partial charge in [0.15, 0.2) is 0 Å². The molecular formula is C17H25. The van der Waals surface area contributed by atoms with E-state index in [0.717, 1.165) is 12.8 Å². The summed E-state index contributed by atoms with van der Waals surface area (Å²) in [6, 6.07) is 0. The number of hydrogen-bond acceptors (Lipinski definition) is 0. The zero-order valence-corrected chi connectivity index (χ0v) is 11.1. The van der Waals surface area contributed by atoms with Gasteiger partial charge in [0.2, 0.25) is 0 Å². The predicted molar refractivity (Wildman–Crippen MR) is 77.8 cm³/mol. The lowest BCUT2D eigenvalue weighted by Gasteiger charge is -1.95. The third kappa shape index (κ3) is 14.7. The van der Waals surface area contributed by atoms with E-state index in [0.29, 0.717) is 0 Å². The Hall–Kier alpha value is -1.26. The van der Waals surface area contributed by atoms with Gasteiger partial charge in [0.05, 0.1) is 0 Å². The lowest BCUT2D eigenvalue weighted by Crippen LogP contribution is -1.76.